The number of pyridine rings is 1. The Labute approximate surface area is 222 Å². The molecule has 38 heavy (non-hydrogen) atoms. The van der Waals surface area contributed by atoms with Gasteiger partial charge in [0.25, 0.3) is 5.56 Å². The topological polar surface area (TPSA) is 206 Å². The molecule has 0 radical (unpaired) electrons. The van der Waals surface area contributed by atoms with Crippen LogP contribution in [-0.4, -0.2) is 55.3 Å². The second-order valence-electron chi connectivity index (χ2n) is 7.25. The maximum Gasteiger partial charge on any atom is 0.490 e. The summed E-state index contributed by atoms with van der Waals surface area (Å²) >= 11 is 3.30. The highest BCUT2D eigenvalue weighted by atomic mass is 79.9. The fourth-order valence-corrected chi connectivity index (χ4v) is 4.37. The van der Waals surface area contributed by atoms with Crippen LogP contribution < -0.4 is 26.8 Å². The summed E-state index contributed by atoms with van der Waals surface area (Å²) in [4.78, 5) is 38.6. The van der Waals surface area contributed by atoms with Crippen molar-refractivity contribution in [1.82, 2.24) is 15.4 Å². The van der Waals surface area contributed by atoms with Crippen LogP contribution in [0.25, 0.3) is 0 Å². The van der Waals surface area contributed by atoms with Crippen molar-refractivity contribution in [2.24, 2.45) is 5.73 Å². The van der Waals surface area contributed by atoms with Gasteiger partial charge in [0.05, 0.1) is 12.4 Å². The van der Waals surface area contributed by atoms with Crippen molar-refractivity contribution in [1.29, 1.82) is 5.41 Å². The number of aromatic nitrogens is 1. The number of amides is 1. The number of nitrogens with two attached hydrogens (primary N) is 1. The summed E-state index contributed by atoms with van der Waals surface area (Å²) < 4.78 is 60.9. The molecule has 0 aliphatic heterocycles. The molecule has 0 saturated carbocycles. The Bertz CT molecular complexity index is 1320. The molecule has 0 spiro atoms. The lowest BCUT2D eigenvalue weighted by atomic mass is 10.2. The Hall–Kier alpha value is -3.64. The lowest BCUT2D eigenvalue weighted by molar-refractivity contribution is -0.192. The van der Waals surface area contributed by atoms with Crippen molar-refractivity contribution >= 4 is 49.5 Å². The van der Waals surface area contributed by atoms with Crippen LogP contribution >= 0.6 is 15.9 Å². The molecule has 18 heteroatoms. The number of guanidine groups is 1. The van der Waals surface area contributed by atoms with E-state index in [1.54, 1.807) is 37.3 Å². The SMILES string of the molecule is Cc1ccc(NS(=O)(=O)Cc2ccccc2Br)c(=O)n1CC(=O)NCCONC(=N)N.O=C(O)C(F)(F)F. The molecule has 2 aromatic rings. The van der Waals surface area contributed by atoms with E-state index >= 15 is 0 Å². The number of aryl methyl sites for hydroxylation is 1. The van der Waals surface area contributed by atoms with Gasteiger partial charge in [0.1, 0.15) is 12.2 Å². The molecule has 1 amide bonds. The monoisotopic (exact) mass is 628 g/mol. The average molecular weight is 629 g/mol. The third-order valence-electron chi connectivity index (χ3n) is 4.21. The standard InChI is InChI=1S/C18H23BrN6O5S.C2HF3O2/c1-12-6-7-15(24-31(28,29)11-13-4-2-3-5-14(13)19)17(27)25(12)10-16(26)22-8-9-30-23-18(20)21;3-2(4,5)1(6)7/h2-7,24H,8-11H2,1H3,(H,22,26)(H4,20,21,23);(H,6,7). The van der Waals surface area contributed by atoms with Crippen LogP contribution in [0.1, 0.15) is 11.3 Å². The first kappa shape index (κ1) is 32.4. The van der Waals surface area contributed by atoms with E-state index in [0.29, 0.717) is 15.7 Å². The van der Waals surface area contributed by atoms with E-state index in [4.69, 9.17) is 25.9 Å². The highest BCUT2D eigenvalue weighted by molar-refractivity contribution is 9.10. The summed E-state index contributed by atoms with van der Waals surface area (Å²) in [5.41, 5.74) is 7.41. The fourth-order valence-electron chi connectivity index (χ4n) is 2.54. The third-order valence-corrected chi connectivity index (χ3v) is 6.21. The molecule has 13 nitrogen and oxygen atoms in total. The van der Waals surface area contributed by atoms with Crippen molar-refractivity contribution in [3.05, 3.63) is 62.5 Å². The van der Waals surface area contributed by atoms with Crippen LogP contribution in [-0.2, 0) is 36.7 Å². The zero-order valence-electron chi connectivity index (χ0n) is 19.6. The zero-order valence-corrected chi connectivity index (χ0v) is 22.0. The van der Waals surface area contributed by atoms with Gasteiger partial charge in [0, 0.05) is 16.7 Å². The molecule has 1 aromatic heterocycles. The number of hydrogen-bond donors (Lipinski definition) is 6. The van der Waals surface area contributed by atoms with E-state index < -0.39 is 33.6 Å². The van der Waals surface area contributed by atoms with Gasteiger partial charge in [-0.15, -0.1) is 0 Å². The number of carbonyl (C=O) groups is 2. The van der Waals surface area contributed by atoms with Gasteiger partial charge in [-0.1, -0.05) is 34.1 Å². The molecule has 0 fully saturated rings. The number of nitrogens with zero attached hydrogens (tertiary/aromatic N) is 1. The normalized spacial score (nSPS) is 11.1. The van der Waals surface area contributed by atoms with Gasteiger partial charge in [-0.2, -0.15) is 13.2 Å². The van der Waals surface area contributed by atoms with Gasteiger partial charge in [-0.3, -0.25) is 24.6 Å². The predicted molar refractivity (Wildman–Crippen MR) is 134 cm³/mol. The first-order valence-electron chi connectivity index (χ1n) is 10.3. The van der Waals surface area contributed by atoms with Crippen molar-refractivity contribution in [3.8, 4) is 0 Å². The average Bonchev–Trinajstić information content (AvgIpc) is 2.79. The van der Waals surface area contributed by atoms with Crippen molar-refractivity contribution < 1.29 is 41.1 Å². The minimum Gasteiger partial charge on any atom is -0.475 e. The van der Waals surface area contributed by atoms with Gasteiger partial charge in [-0.25, -0.2) is 18.7 Å². The number of alkyl halides is 3. The van der Waals surface area contributed by atoms with Crippen molar-refractivity contribution in [2.75, 3.05) is 17.9 Å². The number of carboxylic acids is 1. The van der Waals surface area contributed by atoms with Crippen molar-refractivity contribution in [3.63, 3.8) is 0 Å². The maximum atomic E-state index is 12.7. The Morgan fingerprint density at radius 3 is 2.37 bits per heavy atom. The first-order chi connectivity index (χ1) is 17.5. The number of sulfonamides is 1. The van der Waals surface area contributed by atoms with E-state index in [2.05, 4.69) is 31.4 Å². The predicted octanol–water partition coefficient (Wildman–Crippen LogP) is 1.03. The number of halogens is 4. The van der Waals surface area contributed by atoms with Gasteiger partial charge >= 0.3 is 12.1 Å². The lowest BCUT2D eigenvalue weighted by Gasteiger charge is -2.14. The summed E-state index contributed by atoms with van der Waals surface area (Å²) in [6, 6.07) is 9.79. The van der Waals surface area contributed by atoms with Gasteiger partial charge in [0.15, 0.2) is 0 Å². The zero-order chi connectivity index (χ0) is 29.1. The van der Waals surface area contributed by atoms with Crippen LogP contribution in [0.4, 0.5) is 18.9 Å². The van der Waals surface area contributed by atoms with Crippen LogP contribution in [0, 0.1) is 12.3 Å². The Kier molecular flexibility index (Phi) is 12.2. The molecule has 0 atom stereocenters. The second kappa shape index (κ2) is 14.3. The van der Waals surface area contributed by atoms with Gasteiger partial charge in [0.2, 0.25) is 21.9 Å². The second-order valence-corrected chi connectivity index (χ2v) is 9.83. The maximum absolute atomic E-state index is 12.7. The lowest BCUT2D eigenvalue weighted by Crippen LogP contribution is -2.37. The van der Waals surface area contributed by atoms with Gasteiger partial charge < -0.3 is 20.7 Å². The number of benzene rings is 1. The Morgan fingerprint density at radius 2 is 1.82 bits per heavy atom. The molecular weight excluding hydrogens is 605 g/mol. The van der Waals surface area contributed by atoms with E-state index in [1.807, 2.05) is 0 Å². The molecule has 0 unspecified atom stereocenters. The number of aliphatic carboxylic acids is 1. The highest BCUT2D eigenvalue weighted by Crippen LogP contribution is 2.19. The summed E-state index contributed by atoms with van der Waals surface area (Å²) in [7, 11) is -3.86. The fraction of sp³-hybridized carbons (Fsp3) is 0.300. The van der Waals surface area contributed by atoms with Crippen LogP contribution in [0.5, 0.6) is 0 Å². The van der Waals surface area contributed by atoms with Gasteiger partial charge in [-0.05, 0) is 30.7 Å². The number of hydroxylamine groups is 1. The molecule has 0 bridgehead atoms. The minimum atomic E-state index is -5.08. The number of anilines is 1. The molecule has 2 rings (SSSR count). The van der Waals surface area contributed by atoms with Crippen LogP contribution in [0.3, 0.4) is 0 Å². The van der Waals surface area contributed by atoms with E-state index in [-0.39, 0.29) is 37.1 Å². The summed E-state index contributed by atoms with van der Waals surface area (Å²) in [5, 5.41) is 16.6. The Balaban J connectivity index is 0.000000905. The third kappa shape index (κ3) is 11.6. The summed E-state index contributed by atoms with van der Waals surface area (Å²) in [6.45, 7) is 1.50. The quantitative estimate of drug-likeness (QED) is 0.0959. The number of nitrogens with one attached hydrogen (secondary N) is 4. The molecule has 210 valence electrons. The van der Waals surface area contributed by atoms with E-state index in [1.165, 1.54) is 10.6 Å². The Morgan fingerprint density at radius 1 is 1.21 bits per heavy atom. The summed E-state index contributed by atoms with van der Waals surface area (Å²) in [5.74, 6) is -3.92. The number of carbonyl (C=O) groups excluding carboxylic acids is 1. The van der Waals surface area contributed by atoms with E-state index in [0.717, 1.165) is 0 Å². The molecule has 1 aromatic carbocycles. The highest BCUT2D eigenvalue weighted by Gasteiger charge is 2.38. The summed E-state index contributed by atoms with van der Waals surface area (Å²) in [6.07, 6.45) is -5.08. The number of hydrogen-bond acceptors (Lipinski definition) is 7. The van der Waals surface area contributed by atoms with Crippen LogP contribution in [0.2, 0.25) is 0 Å². The molecule has 0 aliphatic rings. The largest absolute Gasteiger partial charge is 0.490 e. The number of rotatable bonds is 10. The minimum absolute atomic E-state index is 0.0497. The van der Waals surface area contributed by atoms with Crippen LogP contribution in [0.15, 0.2) is 45.7 Å². The molecular formula is C20H24BrF3N6O7S. The molecule has 7 N–H and O–H groups in total. The number of carboxylic acid groups (broad SMARTS) is 1. The van der Waals surface area contributed by atoms with E-state index in [9.17, 15) is 31.2 Å². The molecule has 0 aliphatic carbocycles. The first-order valence-corrected chi connectivity index (χ1v) is 12.7. The van der Waals surface area contributed by atoms with Crippen molar-refractivity contribution in [2.45, 2.75) is 25.4 Å². The smallest absolute Gasteiger partial charge is 0.475 e. The molecule has 0 saturated heterocycles. The molecule has 1 heterocycles.